The standard InChI is InChI=1S/C16H19N3O/c20-16(14-8-11-4-1-2-6-13(11)18-14)19-9-12-5-3-7-17-15(12)10-19/h1-2,4,6,8,12,15,17-18H,3,5,7,9-10H2/t12-,15+/m1/s1. The Labute approximate surface area is 118 Å². The summed E-state index contributed by atoms with van der Waals surface area (Å²) in [6, 6.07) is 10.5. The maximum Gasteiger partial charge on any atom is 0.270 e. The van der Waals surface area contributed by atoms with Crippen LogP contribution in [0.3, 0.4) is 0 Å². The van der Waals surface area contributed by atoms with Crippen molar-refractivity contribution in [2.24, 2.45) is 5.92 Å². The summed E-state index contributed by atoms with van der Waals surface area (Å²) in [5.74, 6) is 0.773. The summed E-state index contributed by atoms with van der Waals surface area (Å²) >= 11 is 0. The fourth-order valence-electron chi connectivity index (χ4n) is 3.57. The topological polar surface area (TPSA) is 48.1 Å². The van der Waals surface area contributed by atoms with Crippen LogP contribution in [0.5, 0.6) is 0 Å². The minimum Gasteiger partial charge on any atom is -0.351 e. The molecule has 2 aliphatic rings. The normalized spacial score (nSPS) is 25.9. The fourth-order valence-corrected chi connectivity index (χ4v) is 3.57. The highest BCUT2D eigenvalue weighted by atomic mass is 16.2. The molecule has 0 spiro atoms. The average molecular weight is 269 g/mol. The number of rotatable bonds is 1. The molecule has 104 valence electrons. The fraction of sp³-hybridized carbons (Fsp3) is 0.438. The monoisotopic (exact) mass is 269 g/mol. The Balaban J connectivity index is 1.58. The van der Waals surface area contributed by atoms with Gasteiger partial charge < -0.3 is 15.2 Å². The number of piperidine rings is 1. The molecular weight excluding hydrogens is 250 g/mol. The lowest BCUT2D eigenvalue weighted by atomic mass is 9.94. The number of nitrogens with zero attached hydrogens (tertiary/aromatic N) is 1. The predicted molar refractivity (Wildman–Crippen MR) is 78.7 cm³/mol. The van der Waals surface area contributed by atoms with E-state index in [0.29, 0.717) is 17.7 Å². The van der Waals surface area contributed by atoms with Crippen LogP contribution in [0.4, 0.5) is 0 Å². The average Bonchev–Trinajstić information content (AvgIpc) is 3.10. The second-order valence-electron chi connectivity index (χ2n) is 5.94. The minimum absolute atomic E-state index is 0.136. The van der Waals surface area contributed by atoms with Crippen LogP contribution in [-0.2, 0) is 0 Å². The first-order valence-corrected chi connectivity index (χ1v) is 7.42. The summed E-state index contributed by atoms with van der Waals surface area (Å²) in [7, 11) is 0. The van der Waals surface area contributed by atoms with Crippen molar-refractivity contribution in [3.63, 3.8) is 0 Å². The number of benzene rings is 1. The number of hydrogen-bond donors (Lipinski definition) is 2. The van der Waals surface area contributed by atoms with Gasteiger partial charge in [0.05, 0.1) is 0 Å². The van der Waals surface area contributed by atoms with Gasteiger partial charge in [0.2, 0.25) is 0 Å². The molecule has 2 fully saturated rings. The molecule has 1 aromatic carbocycles. The number of hydrogen-bond acceptors (Lipinski definition) is 2. The Morgan fingerprint density at radius 2 is 2.15 bits per heavy atom. The Bertz CT molecular complexity index is 601. The lowest BCUT2D eigenvalue weighted by molar-refractivity contribution is 0.0781. The van der Waals surface area contributed by atoms with Crippen LogP contribution in [0, 0.1) is 5.92 Å². The van der Waals surface area contributed by atoms with Gasteiger partial charge in [-0.25, -0.2) is 0 Å². The van der Waals surface area contributed by atoms with Crippen molar-refractivity contribution in [2.75, 3.05) is 19.6 Å². The zero-order valence-electron chi connectivity index (χ0n) is 11.4. The lowest BCUT2D eigenvalue weighted by Gasteiger charge is -2.24. The number of para-hydroxylation sites is 1. The van der Waals surface area contributed by atoms with Crippen molar-refractivity contribution in [1.82, 2.24) is 15.2 Å². The molecule has 0 radical (unpaired) electrons. The van der Waals surface area contributed by atoms with E-state index in [1.165, 1.54) is 12.8 Å². The second kappa shape index (κ2) is 4.63. The lowest BCUT2D eigenvalue weighted by Crippen LogP contribution is -2.41. The van der Waals surface area contributed by atoms with Crippen molar-refractivity contribution < 1.29 is 4.79 Å². The summed E-state index contributed by atoms with van der Waals surface area (Å²) in [5, 5.41) is 4.64. The third-order valence-corrected chi connectivity index (χ3v) is 4.65. The van der Waals surface area contributed by atoms with Crippen molar-refractivity contribution in [3.8, 4) is 0 Å². The van der Waals surface area contributed by atoms with Crippen molar-refractivity contribution in [1.29, 1.82) is 0 Å². The van der Waals surface area contributed by atoms with Crippen LogP contribution in [0.15, 0.2) is 30.3 Å². The second-order valence-corrected chi connectivity index (χ2v) is 5.94. The molecule has 2 aromatic rings. The zero-order chi connectivity index (χ0) is 13.5. The van der Waals surface area contributed by atoms with Crippen molar-refractivity contribution >= 4 is 16.8 Å². The number of H-pyrrole nitrogens is 1. The van der Waals surface area contributed by atoms with Gasteiger partial charge in [0, 0.05) is 30.0 Å². The van der Waals surface area contributed by atoms with Crippen LogP contribution in [-0.4, -0.2) is 41.5 Å². The van der Waals surface area contributed by atoms with Crippen LogP contribution >= 0.6 is 0 Å². The van der Waals surface area contributed by atoms with E-state index in [4.69, 9.17) is 0 Å². The van der Waals surface area contributed by atoms with E-state index in [-0.39, 0.29) is 5.91 Å². The molecule has 0 unspecified atom stereocenters. The van der Waals surface area contributed by atoms with Gasteiger partial charge in [0.25, 0.3) is 5.91 Å². The highest BCUT2D eigenvalue weighted by Gasteiger charge is 2.36. The Morgan fingerprint density at radius 1 is 1.25 bits per heavy atom. The van der Waals surface area contributed by atoms with Crippen LogP contribution in [0.1, 0.15) is 23.3 Å². The number of carbonyl (C=O) groups excluding carboxylic acids is 1. The molecule has 1 amide bonds. The van der Waals surface area contributed by atoms with Crippen molar-refractivity contribution in [2.45, 2.75) is 18.9 Å². The van der Waals surface area contributed by atoms with E-state index in [0.717, 1.165) is 30.5 Å². The molecule has 4 heteroatoms. The van der Waals surface area contributed by atoms with Gasteiger partial charge in [-0.3, -0.25) is 4.79 Å². The maximum atomic E-state index is 12.6. The van der Waals surface area contributed by atoms with Crippen LogP contribution in [0.25, 0.3) is 10.9 Å². The van der Waals surface area contributed by atoms with E-state index >= 15 is 0 Å². The molecule has 20 heavy (non-hydrogen) atoms. The third-order valence-electron chi connectivity index (χ3n) is 4.65. The zero-order valence-corrected chi connectivity index (χ0v) is 11.4. The predicted octanol–water partition coefficient (Wildman–Crippen LogP) is 1.99. The largest absolute Gasteiger partial charge is 0.351 e. The van der Waals surface area contributed by atoms with Gasteiger partial charge in [-0.1, -0.05) is 18.2 Å². The van der Waals surface area contributed by atoms with Gasteiger partial charge in [-0.15, -0.1) is 0 Å². The number of aromatic amines is 1. The van der Waals surface area contributed by atoms with E-state index in [9.17, 15) is 4.79 Å². The quantitative estimate of drug-likeness (QED) is 0.832. The molecule has 4 nitrogen and oxygen atoms in total. The van der Waals surface area contributed by atoms with Gasteiger partial charge in [-0.2, -0.15) is 0 Å². The first kappa shape index (κ1) is 12.0. The molecule has 1 aromatic heterocycles. The molecule has 2 aliphatic heterocycles. The Hall–Kier alpha value is -1.81. The molecule has 3 heterocycles. The Kier molecular flexibility index (Phi) is 2.77. The van der Waals surface area contributed by atoms with Crippen molar-refractivity contribution in [3.05, 3.63) is 36.0 Å². The SMILES string of the molecule is O=C(c1cc2ccccc2[nH]1)N1C[C@H]2CCCN[C@H]2C1. The molecule has 4 rings (SSSR count). The number of aromatic nitrogens is 1. The van der Waals surface area contributed by atoms with Gasteiger partial charge in [-0.05, 0) is 37.4 Å². The molecule has 2 saturated heterocycles. The van der Waals surface area contributed by atoms with Crippen LogP contribution in [0.2, 0.25) is 0 Å². The highest BCUT2D eigenvalue weighted by molar-refractivity contribution is 5.98. The summed E-state index contributed by atoms with van der Waals surface area (Å²) in [4.78, 5) is 17.9. The maximum absolute atomic E-state index is 12.6. The third kappa shape index (κ3) is 1.91. The van der Waals surface area contributed by atoms with Gasteiger partial charge >= 0.3 is 0 Å². The minimum atomic E-state index is 0.136. The smallest absolute Gasteiger partial charge is 0.270 e. The van der Waals surface area contributed by atoms with E-state index in [1.54, 1.807) is 0 Å². The summed E-state index contributed by atoms with van der Waals surface area (Å²) < 4.78 is 0. The molecule has 0 saturated carbocycles. The number of nitrogens with one attached hydrogen (secondary N) is 2. The molecule has 2 atom stereocenters. The van der Waals surface area contributed by atoms with Gasteiger partial charge in [0.15, 0.2) is 0 Å². The molecule has 0 aliphatic carbocycles. The molecular formula is C16H19N3O. The number of fused-ring (bicyclic) bond motifs is 2. The first-order chi connectivity index (χ1) is 9.81. The first-order valence-electron chi connectivity index (χ1n) is 7.42. The highest BCUT2D eigenvalue weighted by Crippen LogP contribution is 2.26. The number of amides is 1. The van der Waals surface area contributed by atoms with E-state index < -0.39 is 0 Å². The molecule has 2 N–H and O–H groups in total. The Morgan fingerprint density at radius 3 is 3.00 bits per heavy atom. The van der Waals surface area contributed by atoms with Gasteiger partial charge in [0.1, 0.15) is 5.69 Å². The summed E-state index contributed by atoms with van der Waals surface area (Å²) in [5.41, 5.74) is 1.75. The molecule has 0 bridgehead atoms. The van der Waals surface area contributed by atoms with E-state index in [1.807, 2.05) is 35.2 Å². The van der Waals surface area contributed by atoms with Crippen LogP contribution < -0.4 is 5.32 Å². The number of carbonyl (C=O) groups is 1. The summed E-state index contributed by atoms with van der Waals surface area (Å²) in [6.45, 7) is 2.83. The number of likely N-dealkylation sites (tertiary alicyclic amines) is 1. The summed E-state index contributed by atoms with van der Waals surface area (Å²) in [6.07, 6.45) is 2.48. The van der Waals surface area contributed by atoms with E-state index in [2.05, 4.69) is 10.3 Å².